The van der Waals surface area contributed by atoms with Crippen molar-refractivity contribution in [3.63, 3.8) is 0 Å². The molecule has 1 aromatic heterocycles. The van der Waals surface area contributed by atoms with Crippen LogP contribution in [0.1, 0.15) is 22.0 Å². The highest BCUT2D eigenvalue weighted by Gasteiger charge is 2.46. The number of aliphatic hydroxyl groups excluding tert-OH is 1. The van der Waals surface area contributed by atoms with E-state index in [1.165, 1.54) is 40.5 Å². The smallest absolute Gasteiger partial charge is 0.295 e. The number of ketones is 1. The molecule has 2 heterocycles. The molecule has 4 rings (SSSR count). The van der Waals surface area contributed by atoms with Gasteiger partial charge in [0, 0.05) is 17.0 Å². The quantitative estimate of drug-likeness (QED) is 0.403. The van der Waals surface area contributed by atoms with Crippen molar-refractivity contribution in [3.8, 4) is 0 Å². The maximum absolute atomic E-state index is 13.2. The molecule has 3 aromatic rings. The number of amides is 1. The highest BCUT2D eigenvalue weighted by molar-refractivity contribution is 7.10. The van der Waals surface area contributed by atoms with Crippen molar-refractivity contribution >= 4 is 28.8 Å². The van der Waals surface area contributed by atoms with E-state index in [4.69, 9.17) is 0 Å². The van der Waals surface area contributed by atoms with Crippen molar-refractivity contribution in [3.05, 3.63) is 99.5 Å². The van der Waals surface area contributed by atoms with Gasteiger partial charge in [-0.3, -0.25) is 9.59 Å². The van der Waals surface area contributed by atoms with Crippen LogP contribution in [0.4, 0.5) is 4.39 Å². The Morgan fingerprint density at radius 1 is 1.00 bits per heavy atom. The lowest BCUT2D eigenvalue weighted by atomic mass is 9.99. The van der Waals surface area contributed by atoms with Gasteiger partial charge in [-0.25, -0.2) is 4.39 Å². The fourth-order valence-electron chi connectivity index (χ4n) is 3.33. The minimum Gasteiger partial charge on any atom is -0.507 e. The molecule has 1 N–H and O–H groups in total. The molecule has 140 valence electrons. The Hall–Kier alpha value is -3.25. The molecule has 28 heavy (non-hydrogen) atoms. The molecule has 2 aromatic carbocycles. The van der Waals surface area contributed by atoms with Gasteiger partial charge in [0.1, 0.15) is 11.6 Å². The number of nitrogens with zero attached hydrogens (tertiary/aromatic N) is 1. The number of hydrogen-bond donors (Lipinski definition) is 1. The first kappa shape index (κ1) is 18.1. The summed E-state index contributed by atoms with van der Waals surface area (Å²) in [5.41, 5.74) is 1.20. The van der Waals surface area contributed by atoms with Crippen LogP contribution < -0.4 is 0 Å². The fraction of sp³-hybridized carbons (Fsp3) is 0.0909. The van der Waals surface area contributed by atoms with E-state index in [0.29, 0.717) is 5.56 Å². The Balaban J connectivity index is 1.83. The maximum Gasteiger partial charge on any atom is 0.295 e. The average Bonchev–Trinajstić information content (AvgIpc) is 3.32. The van der Waals surface area contributed by atoms with Crippen molar-refractivity contribution in [2.75, 3.05) is 0 Å². The van der Waals surface area contributed by atoms with Gasteiger partial charge in [0.05, 0.1) is 11.6 Å². The van der Waals surface area contributed by atoms with Crippen LogP contribution in [0.25, 0.3) is 5.76 Å². The summed E-state index contributed by atoms with van der Waals surface area (Å²) in [6.45, 7) is 0.244. The lowest BCUT2D eigenvalue weighted by Crippen LogP contribution is -2.28. The van der Waals surface area contributed by atoms with Gasteiger partial charge in [-0.05, 0) is 41.3 Å². The summed E-state index contributed by atoms with van der Waals surface area (Å²) < 4.78 is 13.2. The number of halogens is 1. The summed E-state index contributed by atoms with van der Waals surface area (Å²) in [5, 5.41) is 12.7. The van der Waals surface area contributed by atoms with Crippen LogP contribution in [0.15, 0.2) is 77.7 Å². The molecule has 0 bridgehead atoms. The van der Waals surface area contributed by atoms with Gasteiger partial charge in [0.25, 0.3) is 11.7 Å². The standard InChI is InChI=1S/C22H16FNO3S/c23-16-10-8-15(9-11-16)20(25)18-19(17-7-4-12-28-17)24(22(27)21(18)26)13-14-5-2-1-3-6-14/h1-12,19,25H,13H2/b20-18+. The Morgan fingerprint density at radius 2 is 1.71 bits per heavy atom. The molecule has 0 radical (unpaired) electrons. The van der Waals surface area contributed by atoms with Crippen LogP contribution in [0, 0.1) is 5.82 Å². The molecule has 1 atom stereocenters. The monoisotopic (exact) mass is 393 g/mol. The lowest BCUT2D eigenvalue weighted by Gasteiger charge is -2.24. The average molecular weight is 393 g/mol. The molecule has 0 spiro atoms. The first-order chi connectivity index (χ1) is 13.6. The molecule has 1 amide bonds. The van der Waals surface area contributed by atoms with Gasteiger partial charge in [0.2, 0.25) is 0 Å². The Kier molecular flexibility index (Phi) is 4.79. The summed E-state index contributed by atoms with van der Waals surface area (Å²) in [7, 11) is 0. The number of benzene rings is 2. The number of likely N-dealkylation sites (tertiary alicyclic amines) is 1. The van der Waals surface area contributed by atoms with Crippen LogP contribution in [0.2, 0.25) is 0 Å². The topological polar surface area (TPSA) is 57.6 Å². The molecule has 0 saturated carbocycles. The van der Waals surface area contributed by atoms with E-state index < -0.39 is 23.5 Å². The van der Waals surface area contributed by atoms with Crippen LogP contribution >= 0.6 is 11.3 Å². The summed E-state index contributed by atoms with van der Waals surface area (Å²) >= 11 is 1.41. The van der Waals surface area contributed by atoms with E-state index in [0.717, 1.165) is 10.4 Å². The fourth-order valence-corrected chi connectivity index (χ4v) is 4.17. The van der Waals surface area contributed by atoms with E-state index in [1.807, 2.05) is 47.8 Å². The summed E-state index contributed by atoms with van der Waals surface area (Å²) in [6.07, 6.45) is 0. The van der Waals surface area contributed by atoms with Crippen molar-refractivity contribution in [2.24, 2.45) is 0 Å². The molecular formula is C22H16FNO3S. The number of hydrogen-bond acceptors (Lipinski definition) is 4. The Bertz CT molecular complexity index is 1040. The van der Waals surface area contributed by atoms with Gasteiger partial charge in [-0.2, -0.15) is 0 Å². The maximum atomic E-state index is 13.2. The minimum absolute atomic E-state index is 0.0231. The largest absolute Gasteiger partial charge is 0.507 e. The third-order valence-corrected chi connectivity index (χ3v) is 5.59. The summed E-state index contributed by atoms with van der Waals surface area (Å²) in [5.74, 6) is -2.15. The SMILES string of the molecule is O=C1C(=O)N(Cc2ccccc2)C(c2cccs2)/C1=C(\O)c1ccc(F)cc1. The zero-order chi connectivity index (χ0) is 19.7. The predicted octanol–water partition coefficient (Wildman–Crippen LogP) is 4.51. The highest BCUT2D eigenvalue weighted by atomic mass is 32.1. The summed E-state index contributed by atoms with van der Waals surface area (Å²) in [6, 6.07) is 17.5. The van der Waals surface area contributed by atoms with Crippen molar-refractivity contribution < 1.29 is 19.1 Å². The first-order valence-corrected chi connectivity index (χ1v) is 9.56. The van der Waals surface area contributed by atoms with Gasteiger partial charge >= 0.3 is 0 Å². The van der Waals surface area contributed by atoms with Crippen molar-refractivity contribution in [1.29, 1.82) is 0 Å². The summed E-state index contributed by atoms with van der Waals surface area (Å²) in [4.78, 5) is 27.9. The molecule has 6 heteroatoms. The van der Waals surface area contributed by atoms with Crippen LogP contribution in [0.5, 0.6) is 0 Å². The molecule has 4 nitrogen and oxygen atoms in total. The molecule has 1 unspecified atom stereocenters. The van der Waals surface area contributed by atoms with Gasteiger partial charge in [0.15, 0.2) is 0 Å². The second-order valence-electron chi connectivity index (χ2n) is 6.43. The number of aliphatic hydroxyl groups is 1. The number of carbonyl (C=O) groups is 2. The second kappa shape index (κ2) is 7.40. The highest BCUT2D eigenvalue weighted by Crippen LogP contribution is 2.41. The number of carbonyl (C=O) groups excluding carboxylic acids is 2. The molecule has 1 aliphatic heterocycles. The molecule has 1 fully saturated rings. The lowest BCUT2D eigenvalue weighted by molar-refractivity contribution is -0.140. The normalized spacial score (nSPS) is 18.6. The molecule has 0 aliphatic carbocycles. The van der Waals surface area contributed by atoms with Crippen molar-refractivity contribution in [2.45, 2.75) is 12.6 Å². The van der Waals surface area contributed by atoms with E-state index in [2.05, 4.69) is 0 Å². The predicted molar refractivity (Wildman–Crippen MR) is 105 cm³/mol. The zero-order valence-corrected chi connectivity index (χ0v) is 15.5. The van der Waals surface area contributed by atoms with E-state index >= 15 is 0 Å². The van der Waals surface area contributed by atoms with E-state index in [9.17, 15) is 19.1 Å². The molecule has 1 saturated heterocycles. The third-order valence-electron chi connectivity index (χ3n) is 4.67. The van der Waals surface area contributed by atoms with Crippen LogP contribution in [-0.4, -0.2) is 21.7 Å². The Labute approximate surface area is 165 Å². The second-order valence-corrected chi connectivity index (χ2v) is 7.41. The number of Topliss-reactive ketones (excluding diaryl/α,β-unsaturated/α-hetero) is 1. The molecule has 1 aliphatic rings. The van der Waals surface area contributed by atoms with Crippen molar-refractivity contribution in [1.82, 2.24) is 4.90 Å². The minimum atomic E-state index is -0.740. The van der Waals surface area contributed by atoms with Gasteiger partial charge in [-0.1, -0.05) is 36.4 Å². The Morgan fingerprint density at radius 3 is 2.36 bits per heavy atom. The van der Waals surface area contributed by atoms with E-state index in [-0.39, 0.29) is 17.9 Å². The number of rotatable bonds is 4. The van der Waals surface area contributed by atoms with Gasteiger partial charge < -0.3 is 10.0 Å². The number of thiophene rings is 1. The van der Waals surface area contributed by atoms with Crippen LogP contribution in [-0.2, 0) is 16.1 Å². The zero-order valence-electron chi connectivity index (χ0n) is 14.7. The van der Waals surface area contributed by atoms with Gasteiger partial charge in [-0.15, -0.1) is 11.3 Å². The first-order valence-electron chi connectivity index (χ1n) is 8.68. The third kappa shape index (κ3) is 3.23. The molecular weight excluding hydrogens is 377 g/mol. The van der Waals surface area contributed by atoms with E-state index in [1.54, 1.807) is 0 Å². The van der Waals surface area contributed by atoms with Crippen LogP contribution in [0.3, 0.4) is 0 Å².